The predicted molar refractivity (Wildman–Crippen MR) is 114 cm³/mol. The van der Waals surface area contributed by atoms with E-state index in [9.17, 15) is 14.7 Å². The second-order valence-electron chi connectivity index (χ2n) is 7.27. The van der Waals surface area contributed by atoms with Gasteiger partial charge in [-0.25, -0.2) is 4.98 Å². The van der Waals surface area contributed by atoms with Crippen molar-refractivity contribution in [3.05, 3.63) is 60.9 Å². The fourth-order valence-electron chi connectivity index (χ4n) is 3.62. The van der Waals surface area contributed by atoms with Crippen LogP contribution in [0.3, 0.4) is 0 Å². The van der Waals surface area contributed by atoms with Crippen LogP contribution < -0.4 is 22.9 Å². The van der Waals surface area contributed by atoms with Crippen LogP contribution in [0.4, 0.5) is 0 Å². The van der Waals surface area contributed by atoms with Crippen molar-refractivity contribution < 1.29 is 27.2 Å². The number of carbonyl (C=O) groups is 1. The number of halogens is 3. The molecule has 2 N–H and O–H groups in total. The Balaban J connectivity index is 0.00000256. The average molecular weight is 489 g/mol. The number of ketones is 1. The van der Waals surface area contributed by atoms with E-state index in [0.29, 0.717) is 21.4 Å². The summed E-state index contributed by atoms with van der Waals surface area (Å²) in [6.07, 6.45) is 4.67. The first-order chi connectivity index (χ1) is 13.9. The lowest BCUT2D eigenvalue weighted by Crippen LogP contribution is -3.08. The maximum absolute atomic E-state index is 12.6. The zero-order valence-corrected chi connectivity index (χ0v) is 19.0. The summed E-state index contributed by atoms with van der Waals surface area (Å²) >= 11 is 13.3. The highest BCUT2D eigenvalue weighted by molar-refractivity contribution is 7.17. The molecule has 1 fully saturated rings. The Labute approximate surface area is 193 Å². The number of nitrogens with one attached hydrogen (secondary N) is 1. The molecule has 0 atom stereocenters. The summed E-state index contributed by atoms with van der Waals surface area (Å²) in [7, 11) is 0. The normalized spacial score (nSPS) is 14.2. The van der Waals surface area contributed by atoms with Crippen molar-refractivity contribution in [1.82, 2.24) is 9.38 Å². The predicted octanol–water partition coefficient (Wildman–Crippen LogP) is -0.233. The smallest absolute Gasteiger partial charge is 0.301 e. The van der Waals surface area contributed by atoms with Crippen LogP contribution in [0, 0.1) is 0 Å². The molecule has 2 aromatic heterocycles. The van der Waals surface area contributed by atoms with Crippen molar-refractivity contribution in [3.63, 3.8) is 0 Å². The number of carbonyl (C=O) groups excluding carboxylic acids is 1. The number of nitrogens with zero attached hydrogens (tertiary/aromatic N) is 2. The number of quaternary nitrogens is 1. The van der Waals surface area contributed by atoms with E-state index in [1.165, 1.54) is 33.5 Å². The molecule has 3 heterocycles. The molecule has 3 aromatic rings. The molecule has 0 bridgehead atoms. The van der Waals surface area contributed by atoms with Gasteiger partial charge in [-0.1, -0.05) is 40.6 Å². The third-order valence-electron chi connectivity index (χ3n) is 5.18. The summed E-state index contributed by atoms with van der Waals surface area (Å²) in [5, 5.41) is 11.1. The molecule has 4 rings (SSSR count). The monoisotopic (exact) mass is 487 g/mol. The molecule has 30 heavy (non-hydrogen) atoms. The van der Waals surface area contributed by atoms with E-state index in [4.69, 9.17) is 23.2 Å². The van der Waals surface area contributed by atoms with Gasteiger partial charge in [0, 0.05) is 25.5 Å². The van der Waals surface area contributed by atoms with E-state index >= 15 is 0 Å². The zero-order chi connectivity index (χ0) is 20.5. The largest absolute Gasteiger partial charge is 1.00 e. The van der Waals surface area contributed by atoms with Gasteiger partial charge in [0.1, 0.15) is 6.54 Å². The number of aryl methyl sites for hydroxylation is 1. The van der Waals surface area contributed by atoms with E-state index in [-0.39, 0.29) is 30.3 Å². The van der Waals surface area contributed by atoms with Crippen molar-refractivity contribution in [2.45, 2.75) is 32.2 Å². The van der Waals surface area contributed by atoms with E-state index in [1.54, 1.807) is 24.4 Å². The summed E-state index contributed by atoms with van der Waals surface area (Å²) in [6, 6.07) is 5.17. The van der Waals surface area contributed by atoms with Gasteiger partial charge in [0.15, 0.2) is 16.4 Å². The Hall–Kier alpha value is -1.64. The Morgan fingerprint density at radius 1 is 1.23 bits per heavy atom. The van der Waals surface area contributed by atoms with Crippen LogP contribution in [0.5, 0.6) is 5.75 Å². The highest BCUT2D eigenvalue weighted by Gasteiger charge is 2.22. The number of benzene rings is 1. The van der Waals surface area contributed by atoms with Gasteiger partial charge < -0.3 is 22.4 Å². The first-order valence-electron chi connectivity index (χ1n) is 9.47. The fraction of sp³-hybridized carbons (Fsp3) is 0.350. The number of rotatable bonds is 6. The summed E-state index contributed by atoms with van der Waals surface area (Å²) < 4.78 is 1.33. The number of aromatic hydroxyl groups is 1. The van der Waals surface area contributed by atoms with Crippen LogP contribution in [0.15, 0.2) is 29.2 Å². The lowest BCUT2D eigenvalue weighted by Gasteiger charge is -2.09. The van der Waals surface area contributed by atoms with Crippen LogP contribution in [-0.2, 0) is 13.0 Å². The highest BCUT2D eigenvalue weighted by atomic mass is 35.5. The van der Waals surface area contributed by atoms with Crippen molar-refractivity contribution in [3.8, 4) is 5.75 Å². The van der Waals surface area contributed by atoms with Gasteiger partial charge in [0.2, 0.25) is 5.75 Å². The third kappa shape index (κ3) is 4.81. The van der Waals surface area contributed by atoms with Crippen LogP contribution in [-0.4, -0.2) is 33.4 Å². The Morgan fingerprint density at radius 3 is 2.67 bits per heavy atom. The Kier molecular flexibility index (Phi) is 7.42. The molecule has 0 saturated carbocycles. The minimum Gasteiger partial charge on any atom is -1.00 e. The van der Waals surface area contributed by atoms with E-state index < -0.39 is 11.3 Å². The average Bonchev–Trinajstić information content (AvgIpc) is 3.35. The minimum atomic E-state index is -0.605. The quantitative estimate of drug-likeness (QED) is 0.470. The summed E-state index contributed by atoms with van der Waals surface area (Å²) in [6.45, 7) is 3.08. The molecule has 0 radical (unpaired) electrons. The molecule has 0 amide bonds. The second-order valence-corrected chi connectivity index (χ2v) is 9.18. The molecule has 160 valence electrons. The number of hydrogen-bond donors (Lipinski definition) is 2. The SMILES string of the molecule is O=C(CCc1ccc(Cl)c(Cl)c1)c1nc2sc(C[NH+]3CCCC3)cn2c(=O)c1O.[Cl-]. The van der Waals surface area contributed by atoms with Crippen molar-refractivity contribution in [2.75, 3.05) is 13.1 Å². The van der Waals surface area contributed by atoms with Gasteiger partial charge in [-0.2, -0.15) is 0 Å². The maximum atomic E-state index is 12.6. The molecular weight excluding hydrogens is 469 g/mol. The molecule has 1 saturated heterocycles. The van der Waals surface area contributed by atoms with E-state index in [0.717, 1.165) is 30.1 Å². The standard InChI is InChI=1S/C20H19Cl2N3O3S.ClH/c21-14-5-3-12(9-15(14)22)4-6-16(26)17-18(27)19(28)25-11-13(29-20(25)23-17)10-24-7-1-2-8-24;/h3,5,9,11,27H,1-2,4,6-8,10H2;1H. The van der Waals surface area contributed by atoms with Gasteiger partial charge in [-0.15, -0.1) is 0 Å². The van der Waals surface area contributed by atoms with Gasteiger partial charge in [0.25, 0.3) is 0 Å². The van der Waals surface area contributed by atoms with Crippen molar-refractivity contribution in [2.24, 2.45) is 0 Å². The number of likely N-dealkylation sites (tertiary alicyclic amines) is 1. The number of Topliss-reactive ketones (excluding diaryl/α,β-unsaturated/α-hetero) is 1. The Morgan fingerprint density at radius 2 is 1.97 bits per heavy atom. The van der Waals surface area contributed by atoms with Crippen LogP contribution in [0.1, 0.15) is 40.2 Å². The van der Waals surface area contributed by atoms with Gasteiger partial charge >= 0.3 is 5.56 Å². The lowest BCUT2D eigenvalue weighted by molar-refractivity contribution is -0.901. The molecule has 0 aliphatic carbocycles. The number of hydrogen-bond acceptors (Lipinski definition) is 5. The number of thiazole rings is 1. The third-order valence-corrected chi connectivity index (χ3v) is 6.90. The molecule has 10 heteroatoms. The second kappa shape index (κ2) is 9.66. The van der Waals surface area contributed by atoms with Crippen LogP contribution in [0.2, 0.25) is 10.0 Å². The summed E-state index contributed by atoms with van der Waals surface area (Å²) in [5.74, 6) is -0.979. The molecule has 1 aromatic carbocycles. The molecule has 1 aliphatic rings. The Bertz CT molecular complexity index is 1140. The number of fused-ring (bicyclic) bond motifs is 1. The fourth-order valence-corrected chi connectivity index (χ4v) is 4.98. The van der Waals surface area contributed by atoms with Crippen LogP contribution >= 0.6 is 34.5 Å². The van der Waals surface area contributed by atoms with E-state index in [2.05, 4.69) is 4.98 Å². The first-order valence-corrected chi connectivity index (χ1v) is 11.0. The number of aromatic nitrogens is 2. The summed E-state index contributed by atoms with van der Waals surface area (Å²) in [4.78, 5) is 32.4. The first kappa shape index (κ1) is 23.0. The molecule has 1 aliphatic heterocycles. The molecular formula is C20H20Cl3N3O3S. The topological polar surface area (TPSA) is 76.1 Å². The van der Waals surface area contributed by atoms with Crippen molar-refractivity contribution >= 4 is 45.3 Å². The van der Waals surface area contributed by atoms with Crippen molar-refractivity contribution in [1.29, 1.82) is 0 Å². The highest BCUT2D eigenvalue weighted by Crippen LogP contribution is 2.24. The minimum absolute atomic E-state index is 0. The van der Waals surface area contributed by atoms with Gasteiger partial charge in [-0.05, 0) is 24.1 Å². The maximum Gasteiger partial charge on any atom is 0.301 e. The van der Waals surface area contributed by atoms with Gasteiger partial charge in [-0.3, -0.25) is 14.0 Å². The molecule has 6 nitrogen and oxygen atoms in total. The van der Waals surface area contributed by atoms with Gasteiger partial charge in [0.05, 0.1) is 28.0 Å². The zero-order valence-electron chi connectivity index (χ0n) is 16.0. The van der Waals surface area contributed by atoms with E-state index in [1.807, 2.05) is 0 Å². The molecule has 0 unspecified atom stereocenters. The van der Waals surface area contributed by atoms with Crippen LogP contribution in [0.25, 0.3) is 4.96 Å². The lowest BCUT2D eigenvalue weighted by atomic mass is 10.1. The molecule has 0 spiro atoms. The summed E-state index contributed by atoms with van der Waals surface area (Å²) in [5.41, 5.74) is 0.0702.